The third-order valence-electron chi connectivity index (χ3n) is 1.96. The van der Waals surface area contributed by atoms with Gasteiger partial charge in [0.2, 0.25) is 0 Å². The predicted molar refractivity (Wildman–Crippen MR) is 54.4 cm³/mol. The van der Waals surface area contributed by atoms with E-state index in [1.807, 2.05) is 0 Å². The van der Waals surface area contributed by atoms with E-state index in [1.54, 1.807) is 0 Å². The predicted octanol–water partition coefficient (Wildman–Crippen LogP) is 0.254. The van der Waals surface area contributed by atoms with Crippen molar-refractivity contribution in [1.82, 2.24) is 4.90 Å². The molecule has 0 saturated carbocycles. The second-order valence-corrected chi connectivity index (χ2v) is 3.23. The molecule has 0 heterocycles. The summed E-state index contributed by atoms with van der Waals surface area (Å²) in [5, 5.41) is 27.1. The Labute approximate surface area is 91.4 Å². The first-order valence-electron chi connectivity index (χ1n) is 4.41. The Morgan fingerprint density at radius 1 is 1.31 bits per heavy atom. The lowest BCUT2D eigenvalue weighted by Gasteiger charge is -2.15. The Balaban J connectivity index is 2.96. The lowest BCUT2D eigenvalue weighted by Crippen LogP contribution is -2.31. The van der Waals surface area contributed by atoms with Crippen LogP contribution in [-0.4, -0.2) is 45.7 Å². The number of carbonyl (C=O) groups is 2. The largest absolute Gasteiger partial charge is 0.504 e. The van der Waals surface area contributed by atoms with Crippen LogP contribution in [0.3, 0.4) is 0 Å². The van der Waals surface area contributed by atoms with Crippen molar-refractivity contribution in [3.05, 3.63) is 23.8 Å². The molecule has 16 heavy (non-hydrogen) atoms. The van der Waals surface area contributed by atoms with E-state index < -0.39 is 29.9 Å². The number of rotatable bonds is 3. The number of benzene rings is 1. The van der Waals surface area contributed by atoms with Crippen LogP contribution in [0.15, 0.2) is 18.2 Å². The monoisotopic (exact) mass is 225 g/mol. The maximum atomic E-state index is 11.6. The number of likely N-dealkylation sites (N-methyl/N-ethyl adjacent to an activating group) is 1. The number of carbonyl (C=O) groups excluding carboxylic acids is 1. The maximum Gasteiger partial charge on any atom is 0.323 e. The second kappa shape index (κ2) is 4.52. The number of phenols is 2. The molecule has 0 aromatic heterocycles. The van der Waals surface area contributed by atoms with E-state index >= 15 is 0 Å². The summed E-state index contributed by atoms with van der Waals surface area (Å²) in [5.41, 5.74) is -0.135. The van der Waals surface area contributed by atoms with E-state index in [0.717, 1.165) is 4.90 Å². The summed E-state index contributed by atoms with van der Waals surface area (Å²) >= 11 is 0. The highest BCUT2D eigenvalue weighted by Gasteiger charge is 2.19. The van der Waals surface area contributed by atoms with Crippen molar-refractivity contribution >= 4 is 11.9 Å². The van der Waals surface area contributed by atoms with Crippen LogP contribution in [0.4, 0.5) is 0 Å². The van der Waals surface area contributed by atoms with Gasteiger partial charge >= 0.3 is 5.97 Å². The van der Waals surface area contributed by atoms with Gasteiger partial charge in [0, 0.05) is 7.05 Å². The van der Waals surface area contributed by atoms with E-state index in [1.165, 1.54) is 25.2 Å². The Hall–Kier alpha value is -2.24. The van der Waals surface area contributed by atoms with Crippen molar-refractivity contribution in [3.63, 3.8) is 0 Å². The van der Waals surface area contributed by atoms with Gasteiger partial charge in [0.05, 0.1) is 5.56 Å². The number of nitrogens with zero attached hydrogens (tertiary/aromatic N) is 1. The third-order valence-corrected chi connectivity index (χ3v) is 1.96. The summed E-state index contributed by atoms with van der Waals surface area (Å²) in [7, 11) is 1.29. The molecule has 1 rings (SSSR count). The number of phenolic OH excluding ortho intramolecular Hbond substituents is 2. The zero-order valence-electron chi connectivity index (χ0n) is 8.54. The molecule has 1 aromatic carbocycles. The molecule has 0 radical (unpaired) electrons. The smallest absolute Gasteiger partial charge is 0.323 e. The summed E-state index contributed by atoms with van der Waals surface area (Å²) in [4.78, 5) is 23.0. The van der Waals surface area contributed by atoms with Crippen LogP contribution in [0, 0.1) is 0 Å². The number of para-hydroxylation sites is 1. The molecule has 6 nitrogen and oxygen atoms in total. The zero-order valence-corrected chi connectivity index (χ0v) is 8.54. The van der Waals surface area contributed by atoms with Crippen LogP contribution in [0.2, 0.25) is 0 Å². The molecule has 6 heteroatoms. The average Bonchev–Trinajstić information content (AvgIpc) is 2.20. The molecule has 0 atom stereocenters. The number of carboxylic acids is 1. The van der Waals surface area contributed by atoms with Crippen molar-refractivity contribution in [3.8, 4) is 11.5 Å². The van der Waals surface area contributed by atoms with Gasteiger partial charge in [0.25, 0.3) is 5.91 Å². The molecule has 3 N–H and O–H groups in total. The number of aliphatic carboxylic acids is 1. The molecule has 0 bridgehead atoms. The van der Waals surface area contributed by atoms with Crippen molar-refractivity contribution in [2.24, 2.45) is 0 Å². The van der Waals surface area contributed by atoms with E-state index in [9.17, 15) is 19.8 Å². The molecule has 1 amide bonds. The highest BCUT2D eigenvalue weighted by Crippen LogP contribution is 2.28. The lowest BCUT2D eigenvalue weighted by molar-refractivity contribution is -0.137. The Morgan fingerprint density at radius 3 is 2.50 bits per heavy atom. The number of amides is 1. The molecular formula is C10H11NO5. The van der Waals surface area contributed by atoms with Crippen LogP contribution in [0.1, 0.15) is 10.4 Å². The normalized spacial score (nSPS) is 9.81. The number of carboxylic acid groups (broad SMARTS) is 1. The summed E-state index contributed by atoms with van der Waals surface area (Å²) in [6, 6.07) is 3.91. The molecule has 0 saturated heterocycles. The summed E-state index contributed by atoms with van der Waals surface area (Å²) < 4.78 is 0. The highest BCUT2D eigenvalue weighted by atomic mass is 16.4. The van der Waals surface area contributed by atoms with E-state index in [4.69, 9.17) is 5.11 Å². The minimum Gasteiger partial charge on any atom is -0.504 e. The van der Waals surface area contributed by atoms with Gasteiger partial charge in [-0.1, -0.05) is 6.07 Å². The first-order chi connectivity index (χ1) is 7.43. The Bertz CT molecular complexity index is 429. The molecule has 0 unspecified atom stereocenters. The SMILES string of the molecule is CN(CC(=O)O)C(=O)c1cccc(O)c1O. The van der Waals surface area contributed by atoms with Crippen LogP contribution >= 0.6 is 0 Å². The minimum absolute atomic E-state index is 0.135. The minimum atomic E-state index is -1.16. The topological polar surface area (TPSA) is 98.1 Å². The quantitative estimate of drug-likeness (QED) is 0.641. The van der Waals surface area contributed by atoms with Crippen LogP contribution in [-0.2, 0) is 4.79 Å². The fourth-order valence-corrected chi connectivity index (χ4v) is 1.18. The van der Waals surface area contributed by atoms with Crippen LogP contribution in [0.25, 0.3) is 0 Å². The van der Waals surface area contributed by atoms with Gasteiger partial charge in [0.1, 0.15) is 6.54 Å². The standard InChI is InChI=1S/C10H11NO5/c1-11(5-8(13)14)10(16)6-3-2-4-7(12)9(6)15/h2-4,12,15H,5H2,1H3,(H,13,14). The fraction of sp³-hybridized carbons (Fsp3) is 0.200. The van der Waals surface area contributed by atoms with Gasteiger partial charge in [0.15, 0.2) is 11.5 Å². The Kier molecular flexibility index (Phi) is 3.34. The average molecular weight is 225 g/mol. The van der Waals surface area contributed by atoms with E-state index in [-0.39, 0.29) is 5.56 Å². The molecule has 1 aromatic rings. The van der Waals surface area contributed by atoms with Crippen molar-refractivity contribution < 1.29 is 24.9 Å². The number of hydrogen-bond donors (Lipinski definition) is 3. The first-order valence-corrected chi connectivity index (χ1v) is 4.41. The molecule has 0 spiro atoms. The summed E-state index contributed by atoms with van der Waals surface area (Å²) in [5.74, 6) is -2.80. The van der Waals surface area contributed by atoms with Gasteiger partial charge in [-0.2, -0.15) is 0 Å². The fourth-order valence-electron chi connectivity index (χ4n) is 1.18. The van der Waals surface area contributed by atoms with Crippen LogP contribution in [0.5, 0.6) is 11.5 Å². The van der Waals surface area contributed by atoms with E-state index in [0.29, 0.717) is 0 Å². The summed E-state index contributed by atoms with van der Waals surface area (Å²) in [6.07, 6.45) is 0. The first kappa shape index (κ1) is 11.8. The van der Waals surface area contributed by atoms with Gasteiger partial charge in [-0.05, 0) is 12.1 Å². The molecule has 86 valence electrons. The zero-order chi connectivity index (χ0) is 12.3. The highest BCUT2D eigenvalue weighted by molar-refractivity contribution is 5.98. The number of aromatic hydroxyl groups is 2. The molecular weight excluding hydrogens is 214 g/mol. The second-order valence-electron chi connectivity index (χ2n) is 3.23. The van der Waals surface area contributed by atoms with Crippen molar-refractivity contribution in [2.45, 2.75) is 0 Å². The third kappa shape index (κ3) is 2.41. The van der Waals surface area contributed by atoms with Gasteiger partial charge < -0.3 is 20.2 Å². The lowest BCUT2D eigenvalue weighted by atomic mass is 10.1. The van der Waals surface area contributed by atoms with Crippen molar-refractivity contribution in [1.29, 1.82) is 0 Å². The maximum absolute atomic E-state index is 11.6. The molecule has 0 fully saturated rings. The molecule has 0 aliphatic carbocycles. The van der Waals surface area contributed by atoms with Crippen molar-refractivity contribution in [2.75, 3.05) is 13.6 Å². The number of hydrogen-bond acceptors (Lipinski definition) is 4. The Morgan fingerprint density at radius 2 is 1.94 bits per heavy atom. The van der Waals surface area contributed by atoms with Gasteiger partial charge in [-0.25, -0.2) is 0 Å². The molecule has 0 aliphatic heterocycles. The molecule has 0 aliphatic rings. The van der Waals surface area contributed by atoms with E-state index in [2.05, 4.69) is 0 Å². The summed E-state index contributed by atoms with van der Waals surface area (Å²) in [6.45, 7) is -0.478. The van der Waals surface area contributed by atoms with Gasteiger partial charge in [-0.15, -0.1) is 0 Å². The van der Waals surface area contributed by atoms with Crippen LogP contribution < -0.4 is 0 Å². The van der Waals surface area contributed by atoms with Gasteiger partial charge in [-0.3, -0.25) is 9.59 Å².